The molecule has 4 nitrogen and oxygen atoms in total. The Balaban J connectivity index is 1.69. The number of hydrogen-bond acceptors (Lipinski definition) is 2. The highest BCUT2D eigenvalue weighted by Gasteiger charge is 2.30. The monoisotopic (exact) mass is 324 g/mol. The van der Waals surface area contributed by atoms with Crippen molar-refractivity contribution in [2.75, 3.05) is 18.5 Å². The summed E-state index contributed by atoms with van der Waals surface area (Å²) in [7, 11) is 0. The first-order valence-corrected chi connectivity index (χ1v) is 8.54. The molecule has 0 unspecified atom stereocenters. The first-order valence-electron chi connectivity index (χ1n) is 8.54. The van der Waals surface area contributed by atoms with Gasteiger partial charge in [-0.15, -0.1) is 0 Å². The standard InChI is InChI=1S/C20H24N2O2/c1-3-24-18-11-9-17(10-12-18)21-20(23)22-13-5-8-19(22)16-7-4-6-15(2)14-16/h4,6-7,9-12,14,19H,3,5,8,13H2,1-2H3,(H,21,23)/t19-/m1/s1. The largest absolute Gasteiger partial charge is 0.494 e. The van der Waals surface area contributed by atoms with Crippen molar-refractivity contribution >= 4 is 11.7 Å². The summed E-state index contributed by atoms with van der Waals surface area (Å²) in [6.07, 6.45) is 2.05. The van der Waals surface area contributed by atoms with E-state index in [0.29, 0.717) is 6.61 Å². The van der Waals surface area contributed by atoms with Crippen LogP contribution in [0.3, 0.4) is 0 Å². The molecule has 2 aromatic carbocycles. The van der Waals surface area contributed by atoms with Crippen LogP contribution >= 0.6 is 0 Å². The number of urea groups is 1. The Labute approximate surface area is 143 Å². The van der Waals surface area contributed by atoms with Gasteiger partial charge in [-0.25, -0.2) is 4.79 Å². The van der Waals surface area contributed by atoms with E-state index in [0.717, 1.165) is 30.8 Å². The molecular weight excluding hydrogens is 300 g/mol. The van der Waals surface area contributed by atoms with Gasteiger partial charge in [0.05, 0.1) is 12.6 Å². The maximum atomic E-state index is 12.7. The molecule has 1 N–H and O–H groups in total. The van der Waals surface area contributed by atoms with Gasteiger partial charge in [-0.3, -0.25) is 0 Å². The van der Waals surface area contributed by atoms with Gasteiger partial charge in [-0.2, -0.15) is 0 Å². The van der Waals surface area contributed by atoms with Gasteiger partial charge >= 0.3 is 6.03 Å². The average molecular weight is 324 g/mol. The quantitative estimate of drug-likeness (QED) is 0.880. The van der Waals surface area contributed by atoms with Crippen molar-refractivity contribution in [3.05, 3.63) is 59.7 Å². The number of nitrogens with zero attached hydrogens (tertiary/aromatic N) is 1. The predicted molar refractivity (Wildman–Crippen MR) is 96.5 cm³/mol. The Morgan fingerprint density at radius 1 is 1.25 bits per heavy atom. The lowest BCUT2D eigenvalue weighted by Gasteiger charge is -2.25. The number of aryl methyl sites for hydroxylation is 1. The minimum absolute atomic E-state index is 0.0387. The summed E-state index contributed by atoms with van der Waals surface area (Å²) >= 11 is 0. The summed E-state index contributed by atoms with van der Waals surface area (Å²) in [6.45, 7) is 5.47. The van der Waals surface area contributed by atoms with Crippen LogP contribution in [-0.4, -0.2) is 24.1 Å². The number of rotatable bonds is 4. The fraction of sp³-hybridized carbons (Fsp3) is 0.350. The lowest BCUT2D eigenvalue weighted by atomic mass is 10.0. The van der Waals surface area contributed by atoms with Crippen LogP contribution in [0.25, 0.3) is 0 Å². The van der Waals surface area contributed by atoms with E-state index < -0.39 is 0 Å². The van der Waals surface area contributed by atoms with Gasteiger partial charge in [0, 0.05) is 12.2 Å². The first kappa shape index (κ1) is 16.4. The molecule has 4 heteroatoms. The van der Waals surface area contributed by atoms with Crippen LogP contribution in [0.2, 0.25) is 0 Å². The van der Waals surface area contributed by atoms with E-state index in [1.54, 1.807) is 0 Å². The summed E-state index contributed by atoms with van der Waals surface area (Å²) in [4.78, 5) is 14.6. The second-order valence-corrected chi connectivity index (χ2v) is 6.15. The van der Waals surface area contributed by atoms with Crippen molar-refractivity contribution in [1.29, 1.82) is 0 Å². The molecule has 3 rings (SSSR count). The molecule has 2 amide bonds. The maximum Gasteiger partial charge on any atom is 0.322 e. The van der Waals surface area contributed by atoms with Gasteiger partial charge in [-0.1, -0.05) is 29.8 Å². The molecule has 0 bridgehead atoms. The smallest absolute Gasteiger partial charge is 0.322 e. The van der Waals surface area contributed by atoms with Crippen LogP contribution in [0, 0.1) is 6.92 Å². The van der Waals surface area contributed by atoms with E-state index in [4.69, 9.17) is 4.74 Å². The number of benzene rings is 2. The fourth-order valence-electron chi connectivity index (χ4n) is 3.23. The van der Waals surface area contributed by atoms with E-state index in [-0.39, 0.29) is 12.1 Å². The Morgan fingerprint density at radius 2 is 2.04 bits per heavy atom. The molecule has 24 heavy (non-hydrogen) atoms. The Kier molecular flexibility index (Phi) is 5.04. The van der Waals surface area contributed by atoms with Crippen molar-refractivity contribution in [2.45, 2.75) is 32.7 Å². The minimum atomic E-state index is -0.0387. The first-order chi connectivity index (χ1) is 11.7. The molecule has 1 aliphatic rings. The highest BCUT2D eigenvalue weighted by Crippen LogP contribution is 2.32. The average Bonchev–Trinajstić information content (AvgIpc) is 3.07. The summed E-state index contributed by atoms with van der Waals surface area (Å²) in [5.41, 5.74) is 3.24. The number of hydrogen-bond donors (Lipinski definition) is 1. The van der Waals surface area contributed by atoms with Crippen LogP contribution < -0.4 is 10.1 Å². The Hall–Kier alpha value is -2.49. The van der Waals surface area contributed by atoms with Crippen molar-refractivity contribution in [2.24, 2.45) is 0 Å². The number of nitrogens with one attached hydrogen (secondary N) is 1. The van der Waals surface area contributed by atoms with Crippen LogP contribution in [0.5, 0.6) is 5.75 Å². The second-order valence-electron chi connectivity index (χ2n) is 6.15. The molecule has 1 aliphatic heterocycles. The van der Waals surface area contributed by atoms with Gasteiger partial charge in [-0.05, 0) is 56.5 Å². The SMILES string of the molecule is CCOc1ccc(NC(=O)N2CCC[C@@H]2c2cccc(C)c2)cc1. The highest BCUT2D eigenvalue weighted by atomic mass is 16.5. The third-order valence-electron chi connectivity index (χ3n) is 4.36. The second kappa shape index (κ2) is 7.39. The summed E-state index contributed by atoms with van der Waals surface area (Å²) in [5, 5.41) is 3.00. The van der Waals surface area contributed by atoms with Crippen molar-refractivity contribution < 1.29 is 9.53 Å². The normalized spacial score (nSPS) is 16.9. The zero-order chi connectivity index (χ0) is 16.9. The third-order valence-corrected chi connectivity index (χ3v) is 4.36. The number of ether oxygens (including phenoxy) is 1. The molecule has 2 aromatic rings. The van der Waals surface area contributed by atoms with Gasteiger partial charge < -0.3 is 15.0 Å². The third kappa shape index (κ3) is 3.70. The predicted octanol–water partition coefficient (Wildman–Crippen LogP) is 4.76. The molecule has 1 fully saturated rings. The fourth-order valence-corrected chi connectivity index (χ4v) is 3.23. The molecule has 126 valence electrons. The van der Waals surface area contributed by atoms with Crippen molar-refractivity contribution in [1.82, 2.24) is 4.90 Å². The molecule has 0 aromatic heterocycles. The number of amides is 2. The summed E-state index contributed by atoms with van der Waals surface area (Å²) in [5.74, 6) is 0.814. The van der Waals surface area contributed by atoms with Crippen LogP contribution in [0.15, 0.2) is 48.5 Å². The van der Waals surface area contributed by atoms with Gasteiger partial charge in [0.15, 0.2) is 0 Å². The lowest BCUT2D eigenvalue weighted by molar-refractivity contribution is 0.207. The number of anilines is 1. The Bertz CT molecular complexity index is 697. The molecule has 0 radical (unpaired) electrons. The molecule has 1 atom stereocenters. The van der Waals surface area contributed by atoms with Crippen LogP contribution in [0.1, 0.15) is 36.9 Å². The number of likely N-dealkylation sites (tertiary alicyclic amines) is 1. The minimum Gasteiger partial charge on any atom is -0.494 e. The lowest BCUT2D eigenvalue weighted by Crippen LogP contribution is -2.34. The topological polar surface area (TPSA) is 41.6 Å². The van der Waals surface area contributed by atoms with Crippen LogP contribution in [-0.2, 0) is 0 Å². The van der Waals surface area contributed by atoms with E-state index in [1.165, 1.54) is 11.1 Å². The number of carbonyl (C=O) groups excluding carboxylic acids is 1. The zero-order valence-corrected chi connectivity index (χ0v) is 14.3. The molecule has 1 saturated heterocycles. The molecule has 0 saturated carbocycles. The van der Waals surface area contributed by atoms with E-state index >= 15 is 0 Å². The highest BCUT2D eigenvalue weighted by molar-refractivity contribution is 5.89. The molecule has 0 spiro atoms. The molecular formula is C20H24N2O2. The zero-order valence-electron chi connectivity index (χ0n) is 14.3. The van der Waals surface area contributed by atoms with Gasteiger partial charge in [0.1, 0.15) is 5.75 Å². The van der Waals surface area contributed by atoms with Gasteiger partial charge in [0.25, 0.3) is 0 Å². The van der Waals surface area contributed by atoms with E-state index in [1.807, 2.05) is 36.1 Å². The van der Waals surface area contributed by atoms with E-state index in [9.17, 15) is 4.79 Å². The van der Waals surface area contributed by atoms with Crippen LogP contribution in [0.4, 0.5) is 10.5 Å². The molecule has 0 aliphatic carbocycles. The van der Waals surface area contributed by atoms with E-state index in [2.05, 4.69) is 36.5 Å². The maximum absolute atomic E-state index is 12.7. The number of carbonyl (C=O) groups is 1. The summed E-state index contributed by atoms with van der Waals surface area (Å²) < 4.78 is 5.43. The van der Waals surface area contributed by atoms with Gasteiger partial charge in [0.2, 0.25) is 0 Å². The molecule has 1 heterocycles. The van der Waals surface area contributed by atoms with Crippen molar-refractivity contribution in [3.8, 4) is 5.75 Å². The Morgan fingerprint density at radius 3 is 2.75 bits per heavy atom. The van der Waals surface area contributed by atoms with Crippen molar-refractivity contribution in [3.63, 3.8) is 0 Å². The summed E-state index contributed by atoms with van der Waals surface area (Å²) in [6, 6.07) is 16.1.